The van der Waals surface area contributed by atoms with Crippen molar-refractivity contribution in [3.05, 3.63) is 0 Å². The van der Waals surface area contributed by atoms with Gasteiger partial charge in [-0.15, -0.1) is 0 Å². The van der Waals surface area contributed by atoms with Gasteiger partial charge in [-0.1, -0.05) is 20.3 Å². The molecule has 0 fully saturated rings. The summed E-state index contributed by atoms with van der Waals surface area (Å²) in [6, 6.07) is 0. The maximum absolute atomic E-state index is 8.86. The van der Waals surface area contributed by atoms with Gasteiger partial charge in [-0.2, -0.15) is 0 Å². The van der Waals surface area contributed by atoms with Crippen LogP contribution in [0.3, 0.4) is 0 Å². The first kappa shape index (κ1) is 10.8. The smallest absolute Gasteiger partial charge is 0.0537 e. The lowest BCUT2D eigenvalue weighted by atomic mass is 10.2. The molecule has 4 N–H and O–H groups in total. The zero-order valence-electron chi connectivity index (χ0n) is 5.85. The van der Waals surface area contributed by atoms with E-state index in [4.69, 9.17) is 5.11 Å². The van der Waals surface area contributed by atoms with Crippen molar-refractivity contribution < 1.29 is 5.11 Å². The highest BCUT2D eigenvalue weighted by Gasteiger charge is 1.94. The summed E-state index contributed by atoms with van der Waals surface area (Å²) < 4.78 is 0. The molecule has 1 atom stereocenters. The minimum absolute atomic E-state index is 0. The van der Waals surface area contributed by atoms with Gasteiger partial charge in [0.05, 0.1) is 6.10 Å². The molecule has 0 amide bonds. The van der Waals surface area contributed by atoms with Crippen molar-refractivity contribution >= 4 is 0 Å². The van der Waals surface area contributed by atoms with Crippen LogP contribution in [-0.4, -0.2) is 11.2 Å². The van der Waals surface area contributed by atoms with Gasteiger partial charge in [0.2, 0.25) is 0 Å². The van der Waals surface area contributed by atoms with Crippen LogP contribution in [0.1, 0.15) is 33.1 Å². The molecule has 2 nitrogen and oxygen atoms in total. The van der Waals surface area contributed by atoms with Gasteiger partial charge in [-0.05, 0) is 12.8 Å². The number of aliphatic hydroxyl groups excluding tert-OH is 1. The third-order valence-corrected chi connectivity index (χ3v) is 1.09. The Morgan fingerprint density at radius 3 is 2.00 bits per heavy atom. The Labute approximate surface area is 51.5 Å². The van der Waals surface area contributed by atoms with Crippen LogP contribution in [0, 0.1) is 0 Å². The quantitative estimate of drug-likeness (QED) is 0.594. The molecule has 0 aromatic rings. The molecule has 0 spiro atoms. The molecule has 0 aromatic carbocycles. The van der Waals surface area contributed by atoms with Crippen molar-refractivity contribution in [2.75, 3.05) is 0 Å². The summed E-state index contributed by atoms with van der Waals surface area (Å²) in [6.45, 7) is 4.08. The van der Waals surface area contributed by atoms with E-state index in [0.29, 0.717) is 0 Å². The maximum atomic E-state index is 8.86. The SMILES string of the molecule is CCCC(O)CC.N. The van der Waals surface area contributed by atoms with E-state index in [1.54, 1.807) is 0 Å². The second-order valence-corrected chi connectivity index (χ2v) is 1.85. The van der Waals surface area contributed by atoms with E-state index in [0.717, 1.165) is 19.3 Å². The molecule has 0 radical (unpaired) electrons. The fourth-order valence-electron chi connectivity index (χ4n) is 0.537. The van der Waals surface area contributed by atoms with Gasteiger partial charge in [-0.3, -0.25) is 0 Å². The highest BCUT2D eigenvalue weighted by Crippen LogP contribution is 1.98. The average molecular weight is 119 g/mol. The first-order valence-corrected chi connectivity index (χ1v) is 2.99. The predicted molar refractivity (Wildman–Crippen MR) is 36.2 cm³/mol. The van der Waals surface area contributed by atoms with E-state index in [1.165, 1.54) is 0 Å². The molecule has 0 aliphatic rings. The minimum atomic E-state index is -0.0509. The molecule has 0 aliphatic heterocycles. The summed E-state index contributed by atoms with van der Waals surface area (Å²) in [5.74, 6) is 0. The van der Waals surface area contributed by atoms with Crippen molar-refractivity contribution in [3.63, 3.8) is 0 Å². The van der Waals surface area contributed by atoms with Gasteiger partial charge in [0.25, 0.3) is 0 Å². The van der Waals surface area contributed by atoms with Gasteiger partial charge in [0, 0.05) is 0 Å². The summed E-state index contributed by atoms with van der Waals surface area (Å²) in [7, 11) is 0. The second kappa shape index (κ2) is 6.92. The van der Waals surface area contributed by atoms with Crippen LogP contribution in [0.4, 0.5) is 0 Å². The van der Waals surface area contributed by atoms with Crippen LogP contribution in [-0.2, 0) is 0 Å². The van der Waals surface area contributed by atoms with Gasteiger partial charge in [-0.25, -0.2) is 0 Å². The molecule has 0 aromatic heterocycles. The van der Waals surface area contributed by atoms with Crippen molar-refractivity contribution in [2.24, 2.45) is 0 Å². The van der Waals surface area contributed by atoms with Gasteiger partial charge in [0.1, 0.15) is 0 Å². The third-order valence-electron chi connectivity index (χ3n) is 1.09. The first-order chi connectivity index (χ1) is 3.31. The van der Waals surface area contributed by atoms with E-state index in [1.807, 2.05) is 6.92 Å². The van der Waals surface area contributed by atoms with E-state index in [-0.39, 0.29) is 12.3 Å². The van der Waals surface area contributed by atoms with Crippen LogP contribution >= 0.6 is 0 Å². The Morgan fingerprint density at radius 2 is 1.88 bits per heavy atom. The molecule has 0 saturated carbocycles. The molecule has 0 heterocycles. The topological polar surface area (TPSA) is 55.2 Å². The lowest BCUT2D eigenvalue weighted by molar-refractivity contribution is 0.159. The van der Waals surface area contributed by atoms with Gasteiger partial charge < -0.3 is 11.3 Å². The average Bonchev–Trinajstić information content (AvgIpc) is 1.68. The fourth-order valence-corrected chi connectivity index (χ4v) is 0.537. The van der Waals surface area contributed by atoms with Crippen LogP contribution in [0.5, 0.6) is 0 Å². The van der Waals surface area contributed by atoms with Crippen LogP contribution in [0.15, 0.2) is 0 Å². The molecule has 8 heavy (non-hydrogen) atoms. The summed E-state index contributed by atoms with van der Waals surface area (Å²) >= 11 is 0. The summed E-state index contributed by atoms with van der Waals surface area (Å²) in [5.41, 5.74) is 0. The van der Waals surface area contributed by atoms with Crippen molar-refractivity contribution in [2.45, 2.75) is 39.2 Å². The molecular weight excluding hydrogens is 102 g/mol. The van der Waals surface area contributed by atoms with E-state index in [9.17, 15) is 0 Å². The van der Waals surface area contributed by atoms with Crippen molar-refractivity contribution in [3.8, 4) is 0 Å². The van der Waals surface area contributed by atoms with Crippen molar-refractivity contribution in [1.29, 1.82) is 0 Å². The van der Waals surface area contributed by atoms with Gasteiger partial charge >= 0.3 is 0 Å². The summed E-state index contributed by atoms with van der Waals surface area (Å²) in [6.07, 6.45) is 2.89. The van der Waals surface area contributed by atoms with Crippen molar-refractivity contribution in [1.82, 2.24) is 6.15 Å². The predicted octanol–water partition coefficient (Wildman–Crippen LogP) is 1.72. The number of rotatable bonds is 3. The number of aliphatic hydroxyl groups is 1. The van der Waals surface area contributed by atoms with Crippen LogP contribution in [0.25, 0.3) is 0 Å². The molecule has 1 unspecified atom stereocenters. The second-order valence-electron chi connectivity index (χ2n) is 1.85. The standard InChI is InChI=1S/C6H14O.H3N/c1-3-5-6(7)4-2;/h6-7H,3-5H2,1-2H3;1H3. The zero-order valence-corrected chi connectivity index (χ0v) is 5.85. The Morgan fingerprint density at radius 1 is 1.38 bits per heavy atom. The molecule has 0 rings (SSSR count). The lowest BCUT2D eigenvalue weighted by Gasteiger charge is -2.01. The summed E-state index contributed by atoms with van der Waals surface area (Å²) in [4.78, 5) is 0. The Kier molecular flexibility index (Phi) is 9.36. The van der Waals surface area contributed by atoms with Crippen LogP contribution in [0.2, 0.25) is 0 Å². The highest BCUT2D eigenvalue weighted by atomic mass is 16.3. The minimum Gasteiger partial charge on any atom is -0.393 e. The number of hydrogen-bond donors (Lipinski definition) is 2. The third kappa shape index (κ3) is 5.92. The van der Waals surface area contributed by atoms with E-state index >= 15 is 0 Å². The molecule has 2 heteroatoms. The fraction of sp³-hybridized carbons (Fsp3) is 1.00. The maximum Gasteiger partial charge on any atom is 0.0537 e. The summed E-state index contributed by atoms with van der Waals surface area (Å²) in [5, 5.41) is 8.86. The highest BCUT2D eigenvalue weighted by molar-refractivity contribution is 4.47. The van der Waals surface area contributed by atoms with Gasteiger partial charge in [0.15, 0.2) is 0 Å². The monoisotopic (exact) mass is 119 g/mol. The van der Waals surface area contributed by atoms with E-state index in [2.05, 4.69) is 6.92 Å². The Hall–Kier alpha value is -0.0800. The number of hydrogen-bond acceptors (Lipinski definition) is 2. The molecule has 0 bridgehead atoms. The Bertz CT molecular complexity index is 39.5. The molecule has 0 aliphatic carbocycles. The lowest BCUT2D eigenvalue weighted by Crippen LogP contribution is -2.01. The normalized spacial score (nSPS) is 12.4. The zero-order chi connectivity index (χ0) is 5.70. The molecular formula is C6H17NO. The molecule has 52 valence electrons. The Balaban J connectivity index is 0. The van der Waals surface area contributed by atoms with Crippen LogP contribution < -0.4 is 6.15 Å². The largest absolute Gasteiger partial charge is 0.393 e. The molecule has 0 saturated heterocycles. The van der Waals surface area contributed by atoms with E-state index < -0.39 is 0 Å². The first-order valence-electron chi connectivity index (χ1n) is 2.99.